The molecule has 4 rings (SSSR count). The summed E-state index contributed by atoms with van der Waals surface area (Å²) in [5.74, 6) is 0. The minimum atomic E-state index is -0.925. The van der Waals surface area contributed by atoms with Crippen LogP contribution in [0, 0.1) is 0 Å². The van der Waals surface area contributed by atoms with E-state index in [9.17, 15) is 15.0 Å². The van der Waals surface area contributed by atoms with Gasteiger partial charge in [0.1, 0.15) is 10.6 Å². The zero-order chi connectivity index (χ0) is 22.6. The zero-order valence-corrected chi connectivity index (χ0v) is 18.5. The van der Waals surface area contributed by atoms with E-state index in [0.717, 1.165) is 43.3 Å². The third-order valence-corrected chi connectivity index (χ3v) is 6.40. The highest BCUT2D eigenvalue weighted by Gasteiger charge is 2.28. The lowest BCUT2D eigenvalue weighted by molar-refractivity contribution is 0.0615. The third-order valence-electron chi connectivity index (χ3n) is 5.96. The van der Waals surface area contributed by atoms with E-state index in [0.29, 0.717) is 10.7 Å². The van der Waals surface area contributed by atoms with Crippen molar-refractivity contribution in [3.63, 3.8) is 0 Å². The van der Waals surface area contributed by atoms with Crippen LogP contribution >= 0.6 is 11.9 Å². The van der Waals surface area contributed by atoms with Gasteiger partial charge in [0.25, 0.3) is 0 Å². The Labute approximate surface area is 186 Å². The number of nitrogens with two attached hydrogens (primary N) is 2. The first kappa shape index (κ1) is 23.6. The normalized spacial score (nSPS) is 14.6. The molecule has 9 nitrogen and oxygen atoms in total. The number of rotatable bonds is 6. The number of carbonyl (C=O) groups is 1. The molecular formula is C21H31N5O4S. The van der Waals surface area contributed by atoms with Crippen molar-refractivity contribution in [3.8, 4) is 0 Å². The Kier molecular flexibility index (Phi) is 7.60. The monoisotopic (exact) mass is 449 g/mol. The number of hydrogen-bond donors (Lipinski definition) is 6. The molecule has 0 aliphatic heterocycles. The number of primary amides is 1. The van der Waals surface area contributed by atoms with Crippen molar-refractivity contribution >= 4 is 23.7 Å². The highest BCUT2D eigenvalue weighted by atomic mass is 32.2. The minimum Gasteiger partial charge on any atom is -0.394 e. The number of aliphatic hydroxyl groups is 3. The van der Waals surface area contributed by atoms with E-state index in [1.165, 1.54) is 39.8 Å². The van der Waals surface area contributed by atoms with E-state index >= 15 is 0 Å². The molecule has 2 amide bonds. The molecule has 8 N–H and O–H groups in total. The summed E-state index contributed by atoms with van der Waals surface area (Å²) in [6.07, 6.45) is 6.86. The van der Waals surface area contributed by atoms with E-state index < -0.39 is 11.6 Å². The molecule has 31 heavy (non-hydrogen) atoms. The number of carbonyl (C=O) groups excluding carboxylic acids is 1. The van der Waals surface area contributed by atoms with Crippen molar-refractivity contribution < 1.29 is 20.1 Å². The smallest absolute Gasteiger partial charge is 0.316 e. The molecule has 170 valence electrons. The van der Waals surface area contributed by atoms with Crippen LogP contribution in [0.3, 0.4) is 0 Å². The fourth-order valence-corrected chi connectivity index (χ4v) is 4.64. The third kappa shape index (κ3) is 4.88. The molecule has 0 spiro atoms. The number of aliphatic hydroxyl groups excluding tert-OH is 3. The summed E-state index contributed by atoms with van der Waals surface area (Å²) in [5.41, 5.74) is 11.4. The summed E-state index contributed by atoms with van der Waals surface area (Å²) in [6, 6.07) is 3.53. The number of aromatic nitrogens is 2. The lowest BCUT2D eigenvalue weighted by atomic mass is 9.99. The first-order chi connectivity index (χ1) is 14.9. The molecule has 0 fully saturated rings. The summed E-state index contributed by atoms with van der Waals surface area (Å²) < 4.78 is 1.40. The van der Waals surface area contributed by atoms with Gasteiger partial charge in [0.15, 0.2) is 0 Å². The fourth-order valence-electron chi connectivity index (χ4n) is 4.31. The maximum absolute atomic E-state index is 11.1. The molecule has 0 saturated carbocycles. The molecule has 1 aromatic heterocycles. The van der Waals surface area contributed by atoms with Gasteiger partial charge in [-0.15, -0.1) is 0 Å². The SMILES string of the molecule is CC(CO)(CO)n1nc(SN)cc1CO.NC(=O)Nc1c2c(cc3c1CCC3)CCC2. The van der Waals surface area contributed by atoms with Crippen molar-refractivity contribution in [3.05, 3.63) is 40.1 Å². The van der Waals surface area contributed by atoms with Crippen molar-refractivity contribution in [1.82, 2.24) is 9.78 Å². The largest absolute Gasteiger partial charge is 0.394 e. The van der Waals surface area contributed by atoms with Crippen LogP contribution in [0.4, 0.5) is 10.5 Å². The van der Waals surface area contributed by atoms with Gasteiger partial charge in [-0.05, 0) is 85.7 Å². The summed E-state index contributed by atoms with van der Waals surface area (Å²) in [7, 11) is 0. The van der Waals surface area contributed by atoms with Crippen molar-refractivity contribution in [2.24, 2.45) is 10.9 Å². The zero-order valence-electron chi connectivity index (χ0n) is 17.7. The number of nitrogens with zero attached hydrogens (tertiary/aromatic N) is 2. The van der Waals surface area contributed by atoms with Gasteiger partial charge in [-0.25, -0.2) is 4.79 Å². The number of fused-ring (bicyclic) bond motifs is 2. The van der Waals surface area contributed by atoms with Gasteiger partial charge in [0.05, 0.1) is 25.5 Å². The number of amides is 2. The molecule has 2 aromatic rings. The molecule has 10 heteroatoms. The van der Waals surface area contributed by atoms with Crippen LogP contribution in [-0.2, 0) is 37.8 Å². The van der Waals surface area contributed by atoms with Crippen molar-refractivity contribution in [2.75, 3.05) is 18.5 Å². The second-order valence-electron chi connectivity index (χ2n) is 8.20. The van der Waals surface area contributed by atoms with Crippen LogP contribution in [0.2, 0.25) is 0 Å². The van der Waals surface area contributed by atoms with Crippen LogP contribution in [-0.4, -0.2) is 44.3 Å². The lowest BCUT2D eigenvalue weighted by Gasteiger charge is -2.27. The van der Waals surface area contributed by atoms with E-state index in [4.69, 9.17) is 16.0 Å². The molecule has 0 bridgehead atoms. The second-order valence-corrected chi connectivity index (χ2v) is 8.85. The summed E-state index contributed by atoms with van der Waals surface area (Å²) in [5, 5.41) is 40.3. The van der Waals surface area contributed by atoms with E-state index in [1.807, 2.05) is 0 Å². The second kappa shape index (κ2) is 10.0. The number of anilines is 1. The molecule has 0 saturated heterocycles. The van der Waals surface area contributed by atoms with Gasteiger partial charge >= 0.3 is 6.03 Å². The first-order valence-corrected chi connectivity index (χ1v) is 11.3. The number of urea groups is 1. The maximum atomic E-state index is 11.1. The van der Waals surface area contributed by atoms with E-state index in [2.05, 4.69) is 16.5 Å². The first-order valence-electron chi connectivity index (χ1n) is 10.4. The molecule has 0 atom stereocenters. The predicted molar refractivity (Wildman–Crippen MR) is 120 cm³/mol. The van der Waals surface area contributed by atoms with Gasteiger partial charge in [0.2, 0.25) is 0 Å². The average Bonchev–Trinajstić information content (AvgIpc) is 3.51. The summed E-state index contributed by atoms with van der Waals surface area (Å²) in [4.78, 5) is 11.1. The topological polar surface area (TPSA) is 160 Å². The van der Waals surface area contributed by atoms with Gasteiger partial charge in [0, 0.05) is 5.69 Å². The quantitative estimate of drug-likeness (QED) is 0.361. The molecule has 1 aromatic carbocycles. The highest BCUT2D eigenvalue weighted by molar-refractivity contribution is 7.97. The summed E-state index contributed by atoms with van der Waals surface area (Å²) >= 11 is 0.950. The number of hydrogen-bond acceptors (Lipinski definition) is 7. The van der Waals surface area contributed by atoms with Gasteiger partial charge in [-0.2, -0.15) is 5.10 Å². The van der Waals surface area contributed by atoms with Crippen LogP contribution in [0.1, 0.15) is 47.7 Å². The fraction of sp³-hybridized carbons (Fsp3) is 0.524. The van der Waals surface area contributed by atoms with Gasteiger partial charge in [-0.1, -0.05) is 6.07 Å². The number of aryl methyl sites for hydroxylation is 2. The summed E-state index contributed by atoms with van der Waals surface area (Å²) in [6.45, 7) is 0.882. The molecule has 2 aliphatic rings. The van der Waals surface area contributed by atoms with Gasteiger partial charge in [-0.3, -0.25) is 9.82 Å². The Hall–Kier alpha value is -2.11. The Morgan fingerprint density at radius 3 is 2.16 bits per heavy atom. The van der Waals surface area contributed by atoms with Crippen LogP contribution in [0.25, 0.3) is 0 Å². The van der Waals surface area contributed by atoms with Crippen LogP contribution < -0.4 is 16.2 Å². The average molecular weight is 450 g/mol. The minimum absolute atomic E-state index is 0.219. The molecule has 0 radical (unpaired) electrons. The van der Waals surface area contributed by atoms with Gasteiger partial charge < -0.3 is 26.4 Å². The Balaban J connectivity index is 0.000000176. The lowest BCUT2D eigenvalue weighted by Crippen LogP contribution is -2.40. The standard InChI is InChI=1S/C13H16N2O.C8H15N3O3S/c14-13(16)15-12-10-5-1-3-8(10)7-9-4-2-6-11(9)12;1-8(4-13,5-14)11-6(3-12)2-7(10-11)15-9/h7H,1-6H2,(H3,14,15,16);2,12-14H,3-5,9H2,1H3. The molecular weight excluding hydrogens is 418 g/mol. The Morgan fingerprint density at radius 2 is 1.71 bits per heavy atom. The maximum Gasteiger partial charge on any atom is 0.316 e. The number of benzene rings is 1. The van der Waals surface area contributed by atoms with Crippen molar-refractivity contribution in [1.29, 1.82) is 0 Å². The van der Waals surface area contributed by atoms with Crippen LogP contribution in [0.5, 0.6) is 0 Å². The van der Waals surface area contributed by atoms with Crippen molar-refractivity contribution in [2.45, 2.75) is 62.6 Å². The molecule has 0 unspecified atom stereocenters. The van der Waals surface area contributed by atoms with E-state index in [-0.39, 0.29) is 19.8 Å². The number of nitrogens with one attached hydrogen (secondary N) is 1. The molecule has 1 heterocycles. The Bertz CT molecular complexity index is 910. The predicted octanol–water partition coefficient (Wildman–Crippen LogP) is 1.20. The van der Waals surface area contributed by atoms with E-state index in [1.54, 1.807) is 13.0 Å². The highest BCUT2D eigenvalue weighted by Crippen LogP contribution is 2.38. The molecule has 2 aliphatic carbocycles. The Morgan fingerprint density at radius 1 is 1.13 bits per heavy atom. The van der Waals surface area contributed by atoms with Crippen LogP contribution in [0.15, 0.2) is 17.2 Å².